The maximum Gasteiger partial charge on any atom is 0.253 e. The van der Waals surface area contributed by atoms with Crippen molar-refractivity contribution in [2.75, 3.05) is 32.8 Å². The van der Waals surface area contributed by atoms with E-state index in [2.05, 4.69) is 55.4 Å². The van der Waals surface area contributed by atoms with Gasteiger partial charge < -0.3 is 14.6 Å². The zero-order valence-electron chi connectivity index (χ0n) is 19.6. The molecule has 2 unspecified atom stereocenters. The van der Waals surface area contributed by atoms with Crippen LogP contribution in [0, 0.1) is 0 Å². The molecular weight excluding hydrogens is 430 g/mol. The van der Waals surface area contributed by atoms with Gasteiger partial charge in [-0.15, -0.1) is 5.10 Å². The minimum atomic E-state index is -0.335. The van der Waals surface area contributed by atoms with Crippen molar-refractivity contribution in [2.24, 2.45) is 0 Å². The predicted octanol–water partition coefficient (Wildman–Crippen LogP) is 2.25. The topological polar surface area (TPSA) is 92.2 Å². The molecule has 0 aliphatic carbocycles. The molecule has 0 saturated carbocycles. The van der Waals surface area contributed by atoms with E-state index in [0.29, 0.717) is 17.9 Å². The largest absolute Gasteiger partial charge is 0.376 e. The minimum Gasteiger partial charge on any atom is -0.376 e. The molecule has 9 heteroatoms. The lowest BCUT2D eigenvalue weighted by Crippen LogP contribution is -2.46. The van der Waals surface area contributed by atoms with E-state index in [9.17, 15) is 4.79 Å². The Labute approximate surface area is 198 Å². The Bertz CT molecular complexity index is 1270. The van der Waals surface area contributed by atoms with E-state index in [1.165, 1.54) is 11.3 Å². The van der Waals surface area contributed by atoms with Crippen LogP contribution in [0.3, 0.4) is 0 Å². The van der Waals surface area contributed by atoms with Crippen molar-refractivity contribution in [1.29, 1.82) is 0 Å². The Morgan fingerprint density at radius 1 is 1.24 bits per heavy atom. The molecular formula is C25H31N7O2. The second-order valence-corrected chi connectivity index (χ2v) is 9.53. The van der Waals surface area contributed by atoms with Crippen LogP contribution >= 0.6 is 0 Å². The number of piperazine rings is 1. The minimum absolute atomic E-state index is 0.0868. The molecule has 5 heterocycles. The molecule has 2 fully saturated rings. The standard InChI is InChI=1S/C25H31N7O2/c1-2-17-7-8-22-18(13-17)14-21(25(33)26-22)23(31-11-10-30-9-3-5-19(30)15-31)24-27-28-29-32(24)16-20-6-4-12-34-20/h5,7-8,13-14,20,23H,2-4,6,9-12,15-16H2,1H3,(H,26,33). The summed E-state index contributed by atoms with van der Waals surface area (Å²) < 4.78 is 7.71. The molecule has 1 N–H and O–H groups in total. The maximum atomic E-state index is 13.4. The number of hydrogen-bond donors (Lipinski definition) is 1. The monoisotopic (exact) mass is 461 g/mol. The molecule has 9 nitrogen and oxygen atoms in total. The van der Waals surface area contributed by atoms with E-state index in [1.54, 1.807) is 0 Å². The Kier molecular flexibility index (Phi) is 5.66. The lowest BCUT2D eigenvalue weighted by Gasteiger charge is -2.39. The van der Waals surface area contributed by atoms with Crippen molar-refractivity contribution >= 4 is 10.9 Å². The number of pyridine rings is 1. The van der Waals surface area contributed by atoms with Gasteiger partial charge in [-0.3, -0.25) is 9.69 Å². The van der Waals surface area contributed by atoms with E-state index < -0.39 is 0 Å². The van der Waals surface area contributed by atoms with Gasteiger partial charge in [0, 0.05) is 49.6 Å². The number of aryl methyl sites for hydroxylation is 1. The number of hydrogen-bond acceptors (Lipinski definition) is 7. The fourth-order valence-corrected chi connectivity index (χ4v) is 5.55. The zero-order chi connectivity index (χ0) is 23.1. The summed E-state index contributed by atoms with van der Waals surface area (Å²) in [6.07, 6.45) is 6.53. The summed E-state index contributed by atoms with van der Waals surface area (Å²) in [4.78, 5) is 21.4. The van der Waals surface area contributed by atoms with Gasteiger partial charge in [-0.2, -0.15) is 0 Å². The summed E-state index contributed by atoms with van der Waals surface area (Å²) in [5, 5.41) is 13.9. The summed E-state index contributed by atoms with van der Waals surface area (Å²) in [5.41, 5.74) is 4.04. The second-order valence-electron chi connectivity index (χ2n) is 9.53. The lowest BCUT2D eigenvalue weighted by molar-refractivity contribution is 0.0897. The van der Waals surface area contributed by atoms with Crippen LogP contribution in [0.2, 0.25) is 0 Å². The van der Waals surface area contributed by atoms with Crippen LogP contribution in [0.5, 0.6) is 0 Å². The van der Waals surface area contributed by atoms with Crippen molar-refractivity contribution in [3.63, 3.8) is 0 Å². The molecule has 3 aliphatic heterocycles. The van der Waals surface area contributed by atoms with Gasteiger partial charge in [0.1, 0.15) is 6.04 Å². The van der Waals surface area contributed by atoms with Crippen molar-refractivity contribution in [1.82, 2.24) is 35.0 Å². The number of aromatic nitrogens is 5. The van der Waals surface area contributed by atoms with Crippen LogP contribution in [0.1, 0.15) is 49.2 Å². The molecule has 0 radical (unpaired) electrons. The van der Waals surface area contributed by atoms with Gasteiger partial charge >= 0.3 is 0 Å². The van der Waals surface area contributed by atoms with Gasteiger partial charge in [-0.1, -0.05) is 19.1 Å². The van der Waals surface area contributed by atoms with Crippen molar-refractivity contribution < 1.29 is 4.74 Å². The molecule has 1 aromatic carbocycles. The summed E-state index contributed by atoms with van der Waals surface area (Å²) >= 11 is 0. The number of tetrazole rings is 1. The van der Waals surface area contributed by atoms with Crippen molar-refractivity contribution in [3.8, 4) is 0 Å². The van der Waals surface area contributed by atoms with E-state index in [1.807, 2.05) is 16.8 Å². The first kappa shape index (κ1) is 21.5. The number of rotatable bonds is 6. The number of ether oxygens (including phenoxy) is 1. The van der Waals surface area contributed by atoms with Crippen LogP contribution in [0.4, 0.5) is 0 Å². The third-order valence-corrected chi connectivity index (χ3v) is 7.42. The highest BCUT2D eigenvalue weighted by Gasteiger charge is 2.35. The summed E-state index contributed by atoms with van der Waals surface area (Å²) in [5.74, 6) is 0.707. The van der Waals surface area contributed by atoms with Gasteiger partial charge in [0.05, 0.1) is 12.6 Å². The normalized spacial score (nSPS) is 21.7. The van der Waals surface area contributed by atoms with Gasteiger partial charge in [-0.05, 0) is 65.3 Å². The van der Waals surface area contributed by atoms with Gasteiger partial charge in [-0.25, -0.2) is 4.68 Å². The smallest absolute Gasteiger partial charge is 0.253 e. The highest BCUT2D eigenvalue weighted by molar-refractivity contribution is 5.80. The fourth-order valence-electron chi connectivity index (χ4n) is 5.55. The fraction of sp³-hybridized carbons (Fsp3) is 0.520. The van der Waals surface area contributed by atoms with Crippen LogP contribution in [0.15, 0.2) is 40.8 Å². The molecule has 0 spiro atoms. The summed E-state index contributed by atoms with van der Waals surface area (Å²) in [6.45, 7) is 7.19. The lowest BCUT2D eigenvalue weighted by atomic mass is 10.0. The van der Waals surface area contributed by atoms with Crippen LogP contribution in [-0.2, 0) is 17.7 Å². The van der Waals surface area contributed by atoms with E-state index in [4.69, 9.17) is 4.74 Å². The highest BCUT2D eigenvalue weighted by atomic mass is 16.5. The van der Waals surface area contributed by atoms with Gasteiger partial charge in [0.2, 0.25) is 0 Å². The predicted molar refractivity (Wildman–Crippen MR) is 128 cm³/mol. The first-order valence-corrected chi connectivity index (χ1v) is 12.4. The number of fused-ring (bicyclic) bond motifs is 2. The molecule has 6 rings (SSSR count). The summed E-state index contributed by atoms with van der Waals surface area (Å²) in [6, 6.07) is 7.94. The first-order valence-electron chi connectivity index (χ1n) is 12.4. The van der Waals surface area contributed by atoms with E-state index >= 15 is 0 Å². The van der Waals surface area contributed by atoms with Crippen molar-refractivity contribution in [2.45, 2.75) is 51.3 Å². The average molecular weight is 462 g/mol. The zero-order valence-corrected chi connectivity index (χ0v) is 19.6. The first-order chi connectivity index (χ1) is 16.7. The van der Waals surface area contributed by atoms with Crippen LogP contribution in [-0.4, -0.2) is 73.9 Å². The van der Waals surface area contributed by atoms with Crippen LogP contribution < -0.4 is 5.56 Å². The Morgan fingerprint density at radius 2 is 2.18 bits per heavy atom. The SMILES string of the molecule is CCc1ccc2[nH]c(=O)c(C(c3nnnn3CC3CCCO3)N3CCN4CCC=C4C3)cc2c1. The maximum absolute atomic E-state index is 13.4. The van der Waals surface area contributed by atoms with Crippen LogP contribution in [0.25, 0.3) is 10.9 Å². The molecule has 3 aliphatic rings. The number of benzene rings is 1. The van der Waals surface area contributed by atoms with E-state index in [0.717, 1.165) is 69.4 Å². The number of nitrogens with one attached hydrogen (secondary N) is 1. The number of aromatic amines is 1. The third kappa shape index (κ3) is 3.92. The molecule has 2 atom stereocenters. The molecule has 3 aromatic rings. The Balaban J connectivity index is 1.45. The average Bonchev–Trinajstić information content (AvgIpc) is 3.62. The molecule has 2 aromatic heterocycles. The van der Waals surface area contributed by atoms with E-state index in [-0.39, 0.29) is 17.7 Å². The molecule has 0 amide bonds. The highest BCUT2D eigenvalue weighted by Crippen LogP contribution is 2.32. The molecule has 0 bridgehead atoms. The summed E-state index contributed by atoms with van der Waals surface area (Å²) in [7, 11) is 0. The third-order valence-electron chi connectivity index (χ3n) is 7.42. The molecule has 34 heavy (non-hydrogen) atoms. The quantitative estimate of drug-likeness (QED) is 0.602. The number of H-pyrrole nitrogens is 1. The number of nitrogens with zero attached hydrogens (tertiary/aromatic N) is 6. The Hall–Kier alpha value is -3.04. The second kappa shape index (κ2) is 8.96. The molecule has 2 saturated heterocycles. The molecule has 178 valence electrons. The van der Waals surface area contributed by atoms with Gasteiger partial charge in [0.15, 0.2) is 5.82 Å². The van der Waals surface area contributed by atoms with Crippen molar-refractivity contribution in [3.05, 3.63) is 63.3 Å². The Morgan fingerprint density at radius 3 is 3.03 bits per heavy atom. The van der Waals surface area contributed by atoms with Gasteiger partial charge in [0.25, 0.3) is 5.56 Å².